The van der Waals surface area contributed by atoms with Crippen molar-refractivity contribution in [3.05, 3.63) is 11.6 Å². The zero-order valence-electron chi connectivity index (χ0n) is 5.76. The average molecular weight is 148 g/mol. The smallest absolute Gasteiger partial charge is 0.0256 e. The molecule has 0 aromatic rings. The maximum Gasteiger partial charge on any atom is 0.0256 e. The van der Waals surface area contributed by atoms with Crippen molar-refractivity contribution in [2.24, 2.45) is 5.73 Å². The summed E-state index contributed by atoms with van der Waals surface area (Å²) in [4.78, 5) is 0. The second kappa shape index (κ2) is 3.91. The van der Waals surface area contributed by atoms with Gasteiger partial charge in [-0.2, -0.15) is 0 Å². The minimum Gasteiger partial charge on any atom is -0.324 e. The molecule has 1 atom stereocenters. The molecule has 1 aliphatic rings. The van der Waals surface area contributed by atoms with Crippen molar-refractivity contribution < 1.29 is 0 Å². The van der Waals surface area contributed by atoms with Gasteiger partial charge in [0, 0.05) is 6.04 Å². The first-order valence-electron chi connectivity index (χ1n) is 3.29. The second-order valence-corrected chi connectivity index (χ2v) is 2.32. The normalized spacial score (nSPS) is 25.1. The Hall–Kier alpha value is -0.0100. The molecule has 1 nitrogen and oxygen atoms in total. The number of nitrogens with two attached hydrogens (primary N) is 1. The summed E-state index contributed by atoms with van der Waals surface area (Å²) in [7, 11) is 0. The number of allylic oxidation sites excluding steroid dienone is 1. The summed E-state index contributed by atoms with van der Waals surface area (Å²) in [6.45, 7) is 2.16. The van der Waals surface area contributed by atoms with Crippen LogP contribution in [0.3, 0.4) is 0 Å². The van der Waals surface area contributed by atoms with Crippen LogP contribution in [-0.4, -0.2) is 6.04 Å². The van der Waals surface area contributed by atoms with Crippen LogP contribution in [0.25, 0.3) is 0 Å². The molecule has 0 saturated carbocycles. The van der Waals surface area contributed by atoms with Crippen molar-refractivity contribution in [3.63, 3.8) is 0 Å². The van der Waals surface area contributed by atoms with E-state index in [2.05, 4.69) is 13.0 Å². The van der Waals surface area contributed by atoms with Gasteiger partial charge in [0.25, 0.3) is 0 Å². The molecule has 1 unspecified atom stereocenters. The van der Waals surface area contributed by atoms with E-state index in [4.69, 9.17) is 5.73 Å². The minimum atomic E-state index is 0. The molecule has 0 aromatic carbocycles. The summed E-state index contributed by atoms with van der Waals surface area (Å²) in [5, 5.41) is 0. The van der Waals surface area contributed by atoms with Gasteiger partial charge in [0.1, 0.15) is 0 Å². The van der Waals surface area contributed by atoms with E-state index in [0.29, 0.717) is 6.04 Å². The van der Waals surface area contributed by atoms with Gasteiger partial charge in [-0.15, -0.1) is 12.4 Å². The molecule has 54 valence electrons. The van der Waals surface area contributed by atoms with Crippen LogP contribution in [0.1, 0.15) is 26.2 Å². The van der Waals surface area contributed by atoms with Crippen molar-refractivity contribution in [2.75, 3.05) is 0 Å². The highest BCUT2D eigenvalue weighted by molar-refractivity contribution is 5.85. The predicted octanol–water partition coefficient (Wildman–Crippen LogP) is 1.87. The number of rotatable bonds is 1. The van der Waals surface area contributed by atoms with Crippen molar-refractivity contribution in [3.8, 4) is 0 Å². The van der Waals surface area contributed by atoms with Gasteiger partial charge in [-0.1, -0.05) is 18.6 Å². The lowest BCUT2D eigenvalue weighted by Crippen LogP contribution is -2.17. The van der Waals surface area contributed by atoms with Crippen LogP contribution >= 0.6 is 12.4 Å². The molecule has 0 spiro atoms. The maximum absolute atomic E-state index is 5.72. The van der Waals surface area contributed by atoms with Gasteiger partial charge in [-0.05, 0) is 19.3 Å². The zero-order chi connectivity index (χ0) is 5.98. The number of hydrogen-bond donors (Lipinski definition) is 1. The molecule has 1 rings (SSSR count). The van der Waals surface area contributed by atoms with Crippen LogP contribution < -0.4 is 5.73 Å². The lowest BCUT2D eigenvalue weighted by molar-refractivity contribution is 0.732. The first-order chi connectivity index (χ1) is 3.84. The predicted molar refractivity (Wildman–Crippen MR) is 42.8 cm³/mol. The Bertz CT molecular complexity index is 109. The van der Waals surface area contributed by atoms with Crippen molar-refractivity contribution >= 4 is 12.4 Å². The van der Waals surface area contributed by atoms with Crippen LogP contribution in [0.4, 0.5) is 0 Å². The highest BCUT2D eigenvalue weighted by Gasteiger charge is 2.11. The Morgan fingerprint density at radius 2 is 2.44 bits per heavy atom. The molecular formula is C7H14ClN. The van der Waals surface area contributed by atoms with E-state index in [9.17, 15) is 0 Å². The molecule has 1 aliphatic carbocycles. The average Bonchev–Trinajstić information content (AvgIpc) is 2.14. The van der Waals surface area contributed by atoms with Gasteiger partial charge in [0.15, 0.2) is 0 Å². The van der Waals surface area contributed by atoms with E-state index in [1.807, 2.05) is 0 Å². The fourth-order valence-corrected chi connectivity index (χ4v) is 1.19. The summed E-state index contributed by atoms with van der Waals surface area (Å²) in [5.74, 6) is 0. The van der Waals surface area contributed by atoms with Crippen LogP contribution in [-0.2, 0) is 0 Å². The monoisotopic (exact) mass is 147 g/mol. The Labute approximate surface area is 62.7 Å². The van der Waals surface area contributed by atoms with E-state index < -0.39 is 0 Å². The van der Waals surface area contributed by atoms with Gasteiger partial charge in [-0.3, -0.25) is 0 Å². The van der Waals surface area contributed by atoms with Gasteiger partial charge in [0.05, 0.1) is 0 Å². The van der Waals surface area contributed by atoms with Gasteiger partial charge in [-0.25, -0.2) is 0 Å². The Kier molecular flexibility index (Phi) is 3.91. The fourth-order valence-electron chi connectivity index (χ4n) is 1.19. The van der Waals surface area contributed by atoms with E-state index in [1.165, 1.54) is 18.4 Å². The largest absolute Gasteiger partial charge is 0.324 e. The highest BCUT2D eigenvalue weighted by Crippen LogP contribution is 2.18. The highest BCUT2D eigenvalue weighted by atomic mass is 35.5. The molecule has 0 heterocycles. The molecule has 9 heavy (non-hydrogen) atoms. The first kappa shape index (κ1) is 8.99. The molecule has 0 fully saturated rings. The third-order valence-electron chi connectivity index (χ3n) is 1.77. The summed E-state index contributed by atoms with van der Waals surface area (Å²) in [6.07, 6.45) is 5.78. The first-order valence-corrected chi connectivity index (χ1v) is 3.29. The molecule has 0 bridgehead atoms. The number of hydrogen-bond acceptors (Lipinski definition) is 1. The summed E-state index contributed by atoms with van der Waals surface area (Å²) >= 11 is 0. The molecular weight excluding hydrogens is 134 g/mol. The maximum atomic E-state index is 5.72. The lowest BCUT2D eigenvalue weighted by atomic mass is 10.1. The molecule has 0 saturated heterocycles. The van der Waals surface area contributed by atoms with E-state index in [0.717, 1.165) is 6.42 Å². The Morgan fingerprint density at radius 1 is 1.78 bits per heavy atom. The molecule has 0 radical (unpaired) electrons. The SMILES string of the molecule is CCC1=CCCC1N.Cl. The Morgan fingerprint density at radius 3 is 2.67 bits per heavy atom. The molecule has 2 N–H and O–H groups in total. The lowest BCUT2D eigenvalue weighted by Gasteiger charge is -2.03. The fraction of sp³-hybridized carbons (Fsp3) is 0.714. The van der Waals surface area contributed by atoms with Crippen LogP contribution in [0.2, 0.25) is 0 Å². The van der Waals surface area contributed by atoms with Crippen LogP contribution in [0.5, 0.6) is 0 Å². The zero-order valence-corrected chi connectivity index (χ0v) is 6.58. The Balaban J connectivity index is 0.000000640. The van der Waals surface area contributed by atoms with E-state index in [1.54, 1.807) is 0 Å². The molecule has 0 aromatic heterocycles. The summed E-state index contributed by atoms with van der Waals surface area (Å²) < 4.78 is 0. The van der Waals surface area contributed by atoms with Gasteiger partial charge < -0.3 is 5.73 Å². The third-order valence-corrected chi connectivity index (χ3v) is 1.77. The molecule has 2 heteroatoms. The van der Waals surface area contributed by atoms with Gasteiger partial charge >= 0.3 is 0 Å². The topological polar surface area (TPSA) is 26.0 Å². The molecule has 0 aliphatic heterocycles. The van der Waals surface area contributed by atoms with E-state index >= 15 is 0 Å². The standard InChI is InChI=1S/C7H13N.ClH/c1-2-6-4-3-5-7(6)8;/h4,7H,2-3,5,8H2,1H3;1H. The quantitative estimate of drug-likeness (QED) is 0.563. The van der Waals surface area contributed by atoms with Crippen molar-refractivity contribution in [1.29, 1.82) is 0 Å². The van der Waals surface area contributed by atoms with Crippen LogP contribution in [0, 0.1) is 0 Å². The third kappa shape index (κ3) is 1.99. The number of halogens is 1. The molecule has 0 amide bonds. The minimum absolute atomic E-state index is 0. The van der Waals surface area contributed by atoms with Crippen molar-refractivity contribution in [2.45, 2.75) is 32.2 Å². The van der Waals surface area contributed by atoms with Crippen LogP contribution in [0.15, 0.2) is 11.6 Å². The van der Waals surface area contributed by atoms with Crippen molar-refractivity contribution in [1.82, 2.24) is 0 Å². The van der Waals surface area contributed by atoms with E-state index in [-0.39, 0.29) is 12.4 Å². The summed E-state index contributed by atoms with van der Waals surface area (Å²) in [6, 6.07) is 0.389. The second-order valence-electron chi connectivity index (χ2n) is 2.32. The van der Waals surface area contributed by atoms with Gasteiger partial charge in [0.2, 0.25) is 0 Å². The summed E-state index contributed by atoms with van der Waals surface area (Å²) in [5.41, 5.74) is 7.17.